The molecule has 0 aliphatic carbocycles. The summed E-state index contributed by atoms with van der Waals surface area (Å²) in [5.41, 5.74) is 4.19. The first-order valence-corrected chi connectivity index (χ1v) is 14.4. The molecule has 3 aromatic carbocycles. The van der Waals surface area contributed by atoms with Crippen molar-refractivity contribution in [3.05, 3.63) is 90.0 Å². The molecule has 0 heterocycles. The van der Waals surface area contributed by atoms with Crippen LogP contribution >= 0.6 is 0 Å². The fourth-order valence-corrected chi connectivity index (χ4v) is 5.00. The van der Waals surface area contributed by atoms with Gasteiger partial charge in [-0.25, -0.2) is 0 Å². The second-order valence-corrected chi connectivity index (χ2v) is 10.4. The van der Waals surface area contributed by atoms with E-state index in [4.69, 9.17) is 4.74 Å². The van der Waals surface area contributed by atoms with Crippen molar-refractivity contribution in [3.63, 3.8) is 0 Å². The highest BCUT2D eigenvalue weighted by Gasteiger charge is 2.30. The number of nitrogens with one attached hydrogen (secondary N) is 2. The van der Waals surface area contributed by atoms with Gasteiger partial charge in [0.05, 0.1) is 13.0 Å². The highest BCUT2D eigenvalue weighted by molar-refractivity contribution is 5.88. The molecule has 3 rings (SSSR count). The minimum absolute atomic E-state index is 0.228. The minimum Gasteiger partial charge on any atom is -0.497 e. The smallest absolute Gasteiger partial charge is 0.306 e. The second kappa shape index (κ2) is 16.2. The zero-order chi connectivity index (χ0) is 29.6. The Hall–Kier alpha value is -4.13. The Labute approximate surface area is 243 Å². The van der Waals surface area contributed by atoms with Crippen LogP contribution in [0.25, 0.3) is 11.1 Å². The number of carboxylic acid groups (broad SMARTS) is 1. The first kappa shape index (κ1) is 31.4. The summed E-state index contributed by atoms with van der Waals surface area (Å²) in [5, 5.41) is 15.5. The van der Waals surface area contributed by atoms with Crippen LogP contribution in [0, 0.1) is 11.8 Å². The number of likely N-dealkylation sites (N-methyl/N-ethyl adjacent to an activating group) is 1. The normalized spacial score (nSPS) is 13.0. The van der Waals surface area contributed by atoms with E-state index in [1.54, 1.807) is 7.11 Å². The molecule has 0 saturated carbocycles. The largest absolute Gasteiger partial charge is 0.497 e. The number of hydrogen-bond donors (Lipinski definition) is 3. The average Bonchev–Trinajstić information content (AvgIpc) is 3.00. The number of ether oxygens (including phenoxy) is 1. The van der Waals surface area contributed by atoms with Gasteiger partial charge in [-0.3, -0.25) is 14.4 Å². The Morgan fingerprint density at radius 3 is 2.02 bits per heavy atom. The van der Waals surface area contributed by atoms with Gasteiger partial charge in [0.2, 0.25) is 11.8 Å². The summed E-state index contributed by atoms with van der Waals surface area (Å²) >= 11 is 0. The van der Waals surface area contributed by atoms with E-state index in [9.17, 15) is 19.5 Å². The summed E-state index contributed by atoms with van der Waals surface area (Å²) < 4.78 is 5.22. The zero-order valence-electron chi connectivity index (χ0n) is 24.3. The third-order valence-corrected chi connectivity index (χ3v) is 7.52. The molecule has 2 amide bonds. The Morgan fingerprint density at radius 1 is 0.805 bits per heavy atom. The minimum atomic E-state index is -0.885. The summed E-state index contributed by atoms with van der Waals surface area (Å²) in [6, 6.07) is 24.9. The van der Waals surface area contributed by atoms with Gasteiger partial charge in [-0.1, -0.05) is 86.5 Å². The monoisotopic (exact) mass is 558 g/mol. The lowest BCUT2D eigenvalue weighted by Crippen LogP contribution is -2.49. The van der Waals surface area contributed by atoms with E-state index in [0.29, 0.717) is 31.4 Å². The quantitative estimate of drug-likeness (QED) is 0.210. The van der Waals surface area contributed by atoms with Crippen molar-refractivity contribution >= 4 is 17.8 Å². The van der Waals surface area contributed by atoms with E-state index >= 15 is 0 Å². The Balaban J connectivity index is 1.76. The molecule has 3 aromatic rings. The molecule has 0 aromatic heterocycles. The molecular formula is C34H42N2O5. The molecule has 0 spiro atoms. The molecule has 0 fully saturated rings. The van der Waals surface area contributed by atoms with Crippen LogP contribution in [-0.4, -0.2) is 43.1 Å². The summed E-state index contributed by atoms with van der Waals surface area (Å²) in [5.74, 6) is -1.94. The van der Waals surface area contributed by atoms with Gasteiger partial charge in [0.1, 0.15) is 11.8 Å². The molecule has 0 unspecified atom stereocenters. The van der Waals surface area contributed by atoms with Gasteiger partial charge in [0, 0.05) is 19.4 Å². The molecule has 3 atom stereocenters. The van der Waals surface area contributed by atoms with Crippen molar-refractivity contribution in [1.29, 1.82) is 0 Å². The molecule has 0 saturated heterocycles. The van der Waals surface area contributed by atoms with Gasteiger partial charge in [-0.05, 0) is 60.1 Å². The standard InChI is InChI=1S/C34H42N2O5/c1-4-5-9-29(34(39)40)23-28(19-14-24-12-17-27(18-13-24)26-10-7-6-8-11-26)32(37)36-31(33(38)35-2)22-25-15-20-30(41-3)21-16-25/h6-8,10-13,15-18,20-21,28-29,31H,4-5,9,14,19,22-23H2,1-3H3,(H,35,38)(H,36,37)(H,39,40)/t28-,29+,31+/m1/s1. The molecule has 41 heavy (non-hydrogen) atoms. The summed E-state index contributed by atoms with van der Waals surface area (Å²) in [6.45, 7) is 2.02. The molecule has 3 N–H and O–H groups in total. The molecule has 218 valence electrons. The number of aryl methyl sites for hydroxylation is 1. The molecule has 0 bridgehead atoms. The van der Waals surface area contributed by atoms with E-state index in [0.717, 1.165) is 35.1 Å². The van der Waals surface area contributed by atoms with Crippen molar-refractivity contribution in [1.82, 2.24) is 10.6 Å². The van der Waals surface area contributed by atoms with Gasteiger partial charge in [-0.2, -0.15) is 0 Å². The number of aliphatic carboxylic acids is 1. The van der Waals surface area contributed by atoms with Crippen LogP contribution in [0.2, 0.25) is 0 Å². The third kappa shape index (κ3) is 9.78. The first-order valence-electron chi connectivity index (χ1n) is 14.4. The van der Waals surface area contributed by atoms with Gasteiger partial charge in [-0.15, -0.1) is 0 Å². The maximum Gasteiger partial charge on any atom is 0.306 e. The van der Waals surface area contributed by atoms with E-state index in [1.165, 1.54) is 7.05 Å². The lowest BCUT2D eigenvalue weighted by atomic mass is 9.86. The number of unbranched alkanes of at least 4 members (excludes halogenated alkanes) is 1. The molecular weight excluding hydrogens is 516 g/mol. The van der Waals surface area contributed by atoms with Gasteiger partial charge < -0.3 is 20.5 Å². The average molecular weight is 559 g/mol. The topological polar surface area (TPSA) is 105 Å². The first-order chi connectivity index (χ1) is 19.8. The van der Waals surface area contributed by atoms with Crippen molar-refractivity contribution in [3.8, 4) is 16.9 Å². The number of carboxylic acids is 1. The maximum absolute atomic E-state index is 13.7. The van der Waals surface area contributed by atoms with Gasteiger partial charge in [0.25, 0.3) is 0 Å². The van der Waals surface area contributed by atoms with Crippen LogP contribution in [0.15, 0.2) is 78.9 Å². The molecule has 0 aliphatic rings. The van der Waals surface area contributed by atoms with Crippen molar-refractivity contribution in [2.24, 2.45) is 11.8 Å². The van der Waals surface area contributed by atoms with Gasteiger partial charge >= 0.3 is 5.97 Å². The van der Waals surface area contributed by atoms with Crippen LogP contribution in [0.4, 0.5) is 0 Å². The Kier molecular flexibility index (Phi) is 12.4. The van der Waals surface area contributed by atoms with Crippen molar-refractivity contribution < 1.29 is 24.2 Å². The Bertz CT molecular complexity index is 1240. The van der Waals surface area contributed by atoms with E-state index in [-0.39, 0.29) is 18.2 Å². The van der Waals surface area contributed by atoms with Crippen LogP contribution in [0.1, 0.15) is 50.2 Å². The predicted octanol–water partition coefficient (Wildman–Crippen LogP) is 5.67. The number of rotatable bonds is 16. The summed E-state index contributed by atoms with van der Waals surface area (Å²) in [7, 11) is 3.13. The van der Waals surface area contributed by atoms with E-state index < -0.39 is 23.8 Å². The fraction of sp³-hybridized carbons (Fsp3) is 0.382. The number of hydrogen-bond acceptors (Lipinski definition) is 4. The number of methoxy groups -OCH3 is 1. The number of benzene rings is 3. The Morgan fingerprint density at radius 2 is 1.44 bits per heavy atom. The van der Waals surface area contributed by atoms with Gasteiger partial charge in [0.15, 0.2) is 0 Å². The van der Waals surface area contributed by atoms with Crippen LogP contribution in [-0.2, 0) is 27.2 Å². The highest BCUT2D eigenvalue weighted by atomic mass is 16.5. The molecule has 0 aliphatic heterocycles. The number of amides is 2. The van der Waals surface area contributed by atoms with E-state index in [2.05, 4.69) is 47.0 Å². The summed E-state index contributed by atoms with van der Waals surface area (Å²) in [4.78, 5) is 38.5. The van der Waals surface area contributed by atoms with Crippen LogP contribution in [0.5, 0.6) is 5.75 Å². The maximum atomic E-state index is 13.7. The van der Waals surface area contributed by atoms with Crippen molar-refractivity contribution in [2.75, 3.05) is 14.2 Å². The highest BCUT2D eigenvalue weighted by Crippen LogP contribution is 2.25. The third-order valence-electron chi connectivity index (χ3n) is 7.52. The molecule has 0 radical (unpaired) electrons. The van der Waals surface area contributed by atoms with Crippen LogP contribution < -0.4 is 15.4 Å². The van der Waals surface area contributed by atoms with E-state index in [1.807, 2.05) is 49.4 Å². The number of carbonyl (C=O) groups is 3. The zero-order valence-corrected chi connectivity index (χ0v) is 24.3. The predicted molar refractivity (Wildman–Crippen MR) is 162 cm³/mol. The summed E-state index contributed by atoms with van der Waals surface area (Å²) in [6.07, 6.45) is 3.82. The SMILES string of the molecule is CCCC[C@@H](C[C@@H](CCc1ccc(-c2ccccc2)cc1)C(=O)N[C@@H](Cc1ccc(OC)cc1)C(=O)NC)C(=O)O. The number of carbonyl (C=O) groups excluding carboxylic acids is 2. The lowest BCUT2D eigenvalue weighted by Gasteiger charge is -2.24. The molecule has 7 heteroatoms. The molecule has 7 nitrogen and oxygen atoms in total. The van der Waals surface area contributed by atoms with Crippen LogP contribution in [0.3, 0.4) is 0 Å². The van der Waals surface area contributed by atoms with Crippen molar-refractivity contribution in [2.45, 2.75) is 57.9 Å². The lowest BCUT2D eigenvalue weighted by molar-refractivity contribution is -0.143. The second-order valence-electron chi connectivity index (χ2n) is 10.4. The fourth-order valence-electron chi connectivity index (χ4n) is 5.00.